The molecule has 2 aromatic carbocycles. The molecule has 2 rings (SSSR count). The van der Waals surface area contributed by atoms with E-state index in [1.165, 1.54) is 0 Å². The van der Waals surface area contributed by atoms with E-state index in [1.807, 2.05) is 19.1 Å². The van der Waals surface area contributed by atoms with Crippen molar-refractivity contribution in [1.29, 1.82) is 0 Å². The lowest BCUT2D eigenvalue weighted by Crippen LogP contribution is -2.14. The summed E-state index contributed by atoms with van der Waals surface area (Å²) in [4.78, 5) is 0. The fraction of sp³-hybridized carbons (Fsp3) is 0.333. The van der Waals surface area contributed by atoms with Crippen LogP contribution in [0.2, 0.25) is 0 Å². The van der Waals surface area contributed by atoms with Crippen molar-refractivity contribution in [3.8, 4) is 17.6 Å². The molecule has 0 aliphatic carbocycles. The van der Waals surface area contributed by atoms with Crippen molar-refractivity contribution in [2.75, 3.05) is 19.6 Å². The fourth-order valence-electron chi connectivity index (χ4n) is 2.09. The van der Waals surface area contributed by atoms with Gasteiger partial charge in [-0.1, -0.05) is 24.0 Å². The summed E-state index contributed by atoms with van der Waals surface area (Å²) in [5.74, 6) is 7.13. The molecule has 21 heavy (non-hydrogen) atoms. The molecule has 0 heterocycles. The topological polar surface area (TPSA) is 18.5 Å². The van der Waals surface area contributed by atoms with Gasteiger partial charge in [0, 0.05) is 25.7 Å². The molecule has 110 valence electrons. The lowest BCUT2D eigenvalue weighted by Gasteiger charge is -2.14. The number of hydrogen-bond donors (Lipinski definition) is 0. The molecule has 0 aromatic heterocycles. The smallest absolute Gasteiger partial charge is 0.120 e. The van der Waals surface area contributed by atoms with Crippen LogP contribution in [0.25, 0.3) is 10.8 Å². The molecule has 0 saturated carbocycles. The Morgan fingerprint density at radius 2 is 1.90 bits per heavy atom. The first-order valence-electron chi connectivity index (χ1n) is 6.97. The molecule has 3 heteroatoms. The maximum absolute atomic E-state index is 5.89. The summed E-state index contributed by atoms with van der Waals surface area (Å²) in [6, 6.07) is 12.2. The molecule has 0 saturated heterocycles. The van der Waals surface area contributed by atoms with Crippen molar-refractivity contribution in [1.82, 2.24) is 0 Å². The molecule has 2 aromatic rings. The molecule has 0 fully saturated rings. The van der Waals surface area contributed by atoms with E-state index in [-0.39, 0.29) is 6.10 Å². The second kappa shape index (κ2) is 7.93. The predicted octanol–water partition coefficient (Wildman–Crippen LogP) is 4.23. The second-order valence-corrected chi connectivity index (χ2v) is 5.14. The zero-order valence-corrected chi connectivity index (χ0v) is 13.1. The minimum atomic E-state index is 0.135. The molecule has 0 bridgehead atoms. The van der Waals surface area contributed by atoms with Gasteiger partial charge in [0.1, 0.15) is 5.75 Å². The molecular weight excluding hydrogens is 284 g/mol. The van der Waals surface area contributed by atoms with E-state index in [0.29, 0.717) is 12.5 Å². The molecular formula is C18H19ClO2. The number of fused-ring (bicyclic) bond motifs is 1. The fourth-order valence-corrected chi connectivity index (χ4v) is 2.15. The minimum Gasteiger partial charge on any atom is -0.491 e. The van der Waals surface area contributed by atoms with Gasteiger partial charge >= 0.3 is 0 Å². The van der Waals surface area contributed by atoms with Gasteiger partial charge in [-0.25, -0.2) is 0 Å². The highest BCUT2D eigenvalue weighted by Gasteiger charge is 2.04. The summed E-state index contributed by atoms with van der Waals surface area (Å²) in [6.45, 7) is 2.76. The Hall–Kier alpha value is -1.69. The number of rotatable bonds is 5. The van der Waals surface area contributed by atoms with Gasteiger partial charge < -0.3 is 9.47 Å². The highest BCUT2D eigenvalue weighted by molar-refractivity contribution is 6.19. The number of hydrogen-bond acceptors (Lipinski definition) is 2. The summed E-state index contributed by atoms with van der Waals surface area (Å²) in [5.41, 5.74) is 0.977. The van der Waals surface area contributed by atoms with Crippen LogP contribution in [-0.2, 0) is 4.74 Å². The normalized spacial score (nSPS) is 11.8. The Morgan fingerprint density at radius 1 is 1.14 bits per heavy atom. The third kappa shape index (κ3) is 4.67. The first kappa shape index (κ1) is 15.7. The summed E-state index contributed by atoms with van der Waals surface area (Å²) in [6.07, 6.45) is 1.01. The number of ether oxygens (including phenoxy) is 2. The van der Waals surface area contributed by atoms with Gasteiger partial charge in [0.15, 0.2) is 0 Å². The van der Waals surface area contributed by atoms with Crippen molar-refractivity contribution in [2.45, 2.75) is 19.4 Å². The summed E-state index contributed by atoms with van der Waals surface area (Å²) in [7, 11) is 1.70. The van der Waals surface area contributed by atoms with E-state index in [4.69, 9.17) is 21.1 Å². The van der Waals surface area contributed by atoms with Gasteiger partial charge in [0.25, 0.3) is 0 Å². The van der Waals surface area contributed by atoms with Gasteiger partial charge in [0.05, 0.1) is 12.0 Å². The van der Waals surface area contributed by atoms with Crippen LogP contribution < -0.4 is 4.74 Å². The van der Waals surface area contributed by atoms with Gasteiger partial charge in [-0.15, -0.1) is 11.6 Å². The van der Waals surface area contributed by atoms with Crippen LogP contribution in [0.15, 0.2) is 36.4 Å². The van der Waals surface area contributed by atoms with E-state index in [1.54, 1.807) is 7.11 Å². The van der Waals surface area contributed by atoms with E-state index in [2.05, 4.69) is 36.1 Å². The van der Waals surface area contributed by atoms with Crippen LogP contribution in [-0.4, -0.2) is 25.7 Å². The molecule has 2 nitrogen and oxygen atoms in total. The first-order chi connectivity index (χ1) is 10.2. The van der Waals surface area contributed by atoms with Crippen molar-refractivity contribution in [2.24, 2.45) is 0 Å². The largest absolute Gasteiger partial charge is 0.491 e. The molecule has 0 N–H and O–H groups in total. The third-order valence-corrected chi connectivity index (χ3v) is 3.31. The van der Waals surface area contributed by atoms with Crippen LogP contribution in [0.5, 0.6) is 5.75 Å². The summed E-state index contributed by atoms with van der Waals surface area (Å²) < 4.78 is 11.0. The summed E-state index contributed by atoms with van der Waals surface area (Å²) in [5, 5.41) is 2.29. The van der Waals surface area contributed by atoms with Crippen molar-refractivity contribution in [3.63, 3.8) is 0 Å². The van der Waals surface area contributed by atoms with Gasteiger partial charge in [-0.3, -0.25) is 0 Å². The Morgan fingerprint density at radius 3 is 2.67 bits per heavy atom. The Bertz CT molecular complexity index is 655. The average molecular weight is 303 g/mol. The first-order valence-corrected chi connectivity index (χ1v) is 7.50. The highest BCUT2D eigenvalue weighted by atomic mass is 35.5. The zero-order valence-electron chi connectivity index (χ0n) is 12.4. The van der Waals surface area contributed by atoms with Crippen LogP contribution in [0, 0.1) is 11.8 Å². The SMILES string of the molecule is COCCC(C)Oc1ccc2cc(C#CCCl)ccc2c1. The maximum atomic E-state index is 5.89. The molecule has 0 spiro atoms. The predicted molar refractivity (Wildman–Crippen MR) is 88.1 cm³/mol. The zero-order chi connectivity index (χ0) is 15.1. The average Bonchev–Trinajstić information content (AvgIpc) is 2.50. The van der Waals surface area contributed by atoms with E-state index < -0.39 is 0 Å². The lowest BCUT2D eigenvalue weighted by atomic mass is 10.1. The Labute approximate surface area is 131 Å². The van der Waals surface area contributed by atoms with Crippen LogP contribution >= 0.6 is 11.6 Å². The lowest BCUT2D eigenvalue weighted by molar-refractivity contribution is 0.135. The van der Waals surface area contributed by atoms with E-state index >= 15 is 0 Å². The van der Waals surface area contributed by atoms with Crippen molar-refractivity contribution in [3.05, 3.63) is 42.0 Å². The van der Waals surface area contributed by atoms with Gasteiger partial charge in [0.2, 0.25) is 0 Å². The minimum absolute atomic E-state index is 0.135. The van der Waals surface area contributed by atoms with Crippen LogP contribution in [0.4, 0.5) is 0 Å². The maximum Gasteiger partial charge on any atom is 0.120 e. The molecule has 0 aliphatic rings. The second-order valence-electron chi connectivity index (χ2n) is 4.87. The number of alkyl halides is 1. The van der Waals surface area contributed by atoms with Gasteiger partial charge in [-0.05, 0) is 42.0 Å². The molecule has 1 atom stereocenters. The van der Waals surface area contributed by atoms with Crippen LogP contribution in [0.1, 0.15) is 18.9 Å². The molecule has 1 unspecified atom stereocenters. The van der Waals surface area contributed by atoms with Gasteiger partial charge in [-0.2, -0.15) is 0 Å². The van der Waals surface area contributed by atoms with Crippen molar-refractivity contribution < 1.29 is 9.47 Å². The molecule has 0 aliphatic heterocycles. The monoisotopic (exact) mass is 302 g/mol. The highest BCUT2D eigenvalue weighted by Crippen LogP contribution is 2.23. The third-order valence-electron chi connectivity index (χ3n) is 3.18. The molecule has 0 amide bonds. The van der Waals surface area contributed by atoms with E-state index in [9.17, 15) is 0 Å². The number of benzene rings is 2. The Kier molecular flexibility index (Phi) is 5.92. The number of methoxy groups -OCH3 is 1. The Balaban J connectivity index is 2.15. The van der Waals surface area contributed by atoms with Crippen molar-refractivity contribution >= 4 is 22.4 Å². The molecule has 0 radical (unpaired) electrons. The summed E-state index contributed by atoms with van der Waals surface area (Å²) >= 11 is 5.58. The quantitative estimate of drug-likeness (QED) is 0.608. The van der Waals surface area contributed by atoms with Crippen LogP contribution in [0.3, 0.4) is 0 Å². The standard InChI is InChI=1S/C18H19ClO2/c1-14(9-11-20-2)21-18-8-7-16-12-15(4-3-10-19)5-6-17(16)13-18/h5-8,12-14H,9-11H2,1-2H3. The number of halogens is 1. The van der Waals surface area contributed by atoms with E-state index in [0.717, 1.165) is 28.5 Å².